The number of nitro groups is 1. The lowest BCUT2D eigenvalue weighted by atomic mass is 10.3. The lowest BCUT2D eigenvalue weighted by Crippen LogP contribution is -2.21. The van der Waals surface area contributed by atoms with Gasteiger partial charge in [-0.15, -0.1) is 10.2 Å². The molecule has 0 amide bonds. The van der Waals surface area contributed by atoms with Crippen LogP contribution in [0.3, 0.4) is 0 Å². The maximum absolute atomic E-state index is 12.0. The fourth-order valence-electron chi connectivity index (χ4n) is 2.69. The van der Waals surface area contributed by atoms with Crippen LogP contribution in [0.15, 0.2) is 63.2 Å². The van der Waals surface area contributed by atoms with Crippen molar-refractivity contribution in [2.45, 2.75) is 0 Å². The number of nitrogens with zero attached hydrogens (tertiary/aromatic N) is 7. The molecule has 0 unspecified atom stereocenters. The van der Waals surface area contributed by atoms with Crippen molar-refractivity contribution in [3.63, 3.8) is 0 Å². The number of halogens is 3. The van der Waals surface area contributed by atoms with Crippen molar-refractivity contribution in [2.75, 3.05) is 0 Å². The Balaban J connectivity index is 2.17. The molecule has 0 aliphatic heterocycles. The Kier molecular flexibility index (Phi) is 4.84. The number of para-hydroxylation sites is 2. The Morgan fingerprint density at radius 1 is 0.929 bits per heavy atom. The Morgan fingerprint density at radius 2 is 1.39 bits per heavy atom. The highest BCUT2D eigenvalue weighted by molar-refractivity contribution is 9.12. The van der Waals surface area contributed by atoms with Crippen LogP contribution >= 0.6 is 39.1 Å². The third-order valence-corrected chi connectivity index (χ3v) is 5.15. The van der Waals surface area contributed by atoms with Gasteiger partial charge in [-0.25, -0.2) is 0 Å². The van der Waals surface area contributed by atoms with Crippen molar-refractivity contribution in [2.24, 2.45) is 0 Å². The van der Waals surface area contributed by atoms with Crippen molar-refractivity contribution < 1.29 is 4.92 Å². The zero-order valence-corrected chi connectivity index (χ0v) is 16.8. The fraction of sp³-hybridized carbons (Fsp3) is 0. The number of aromatic nitrogens is 6. The molecule has 0 saturated heterocycles. The molecule has 9 nitrogen and oxygen atoms in total. The summed E-state index contributed by atoms with van der Waals surface area (Å²) in [6.45, 7) is 0. The van der Waals surface area contributed by atoms with E-state index in [1.807, 2.05) is 0 Å². The molecule has 0 spiro atoms. The van der Waals surface area contributed by atoms with Crippen LogP contribution in [-0.2, 0) is 0 Å². The van der Waals surface area contributed by atoms with E-state index in [0.717, 1.165) is 0 Å². The number of hydrogen-bond donors (Lipinski definition) is 0. The first-order chi connectivity index (χ1) is 13.5. The van der Waals surface area contributed by atoms with Crippen LogP contribution in [0.25, 0.3) is 22.1 Å². The van der Waals surface area contributed by atoms with Gasteiger partial charge in [-0.05, 0) is 40.2 Å². The van der Waals surface area contributed by atoms with Gasteiger partial charge in [-0.1, -0.05) is 57.9 Å². The molecule has 0 aliphatic rings. The van der Waals surface area contributed by atoms with Crippen molar-refractivity contribution >= 4 is 61.2 Å². The minimum absolute atomic E-state index is 0.0741. The topological polar surface area (TPSA) is 105 Å². The standard InChI is InChI=1S/C16H8BrCl2N7O2/c17-15(19)13(18)14(26(27)28)16(24-11-7-3-1-5-9(11)20-22-24)25-12-8-4-2-6-10(12)21-23-25/h1-8H/b15-13+. The summed E-state index contributed by atoms with van der Waals surface area (Å²) in [5.74, 6) is -0.0741. The van der Waals surface area contributed by atoms with Gasteiger partial charge in [0.05, 0.1) is 16.0 Å². The molecule has 0 atom stereocenters. The molecular formula is C16H8BrCl2N7O2. The van der Waals surface area contributed by atoms with Gasteiger partial charge < -0.3 is 0 Å². The molecule has 4 aromatic rings. The van der Waals surface area contributed by atoms with Crippen LogP contribution in [0.2, 0.25) is 0 Å². The molecule has 12 heteroatoms. The van der Waals surface area contributed by atoms with Crippen LogP contribution in [0.5, 0.6) is 0 Å². The van der Waals surface area contributed by atoms with Crippen LogP contribution in [0.4, 0.5) is 0 Å². The van der Waals surface area contributed by atoms with E-state index in [1.165, 1.54) is 9.36 Å². The van der Waals surface area contributed by atoms with Crippen LogP contribution in [0.1, 0.15) is 0 Å². The molecule has 28 heavy (non-hydrogen) atoms. The molecule has 2 aromatic heterocycles. The molecule has 2 heterocycles. The van der Waals surface area contributed by atoms with Gasteiger partial charge in [0.2, 0.25) is 5.82 Å². The monoisotopic (exact) mass is 479 g/mol. The second-order valence-corrected chi connectivity index (χ2v) is 7.49. The van der Waals surface area contributed by atoms with E-state index in [1.54, 1.807) is 48.5 Å². The maximum Gasteiger partial charge on any atom is 0.334 e. The molecule has 4 rings (SSSR count). The zero-order chi connectivity index (χ0) is 19.8. The number of fused-ring (bicyclic) bond motifs is 2. The molecule has 0 bridgehead atoms. The predicted molar refractivity (Wildman–Crippen MR) is 107 cm³/mol. The normalized spacial score (nSPS) is 12.2. The highest BCUT2D eigenvalue weighted by atomic mass is 79.9. The third kappa shape index (κ3) is 3.05. The lowest BCUT2D eigenvalue weighted by molar-refractivity contribution is -0.422. The van der Waals surface area contributed by atoms with E-state index in [-0.39, 0.29) is 14.8 Å². The van der Waals surface area contributed by atoms with E-state index in [4.69, 9.17) is 23.2 Å². The number of benzene rings is 2. The summed E-state index contributed by atoms with van der Waals surface area (Å²) in [7, 11) is 0. The average molecular weight is 481 g/mol. The lowest BCUT2D eigenvalue weighted by Gasteiger charge is -2.10. The maximum atomic E-state index is 12.0. The summed E-state index contributed by atoms with van der Waals surface area (Å²) < 4.78 is 2.43. The second kappa shape index (κ2) is 7.30. The van der Waals surface area contributed by atoms with Gasteiger partial charge in [0.15, 0.2) is 0 Å². The van der Waals surface area contributed by atoms with Crippen molar-refractivity contribution in [1.29, 1.82) is 0 Å². The van der Waals surface area contributed by atoms with Gasteiger partial charge in [-0.2, -0.15) is 9.36 Å². The van der Waals surface area contributed by atoms with Gasteiger partial charge in [0.1, 0.15) is 20.0 Å². The Labute approximate surface area is 175 Å². The Bertz CT molecular complexity index is 1210. The largest absolute Gasteiger partial charge is 0.334 e. The van der Waals surface area contributed by atoms with Crippen LogP contribution in [-0.4, -0.2) is 34.9 Å². The summed E-state index contributed by atoms with van der Waals surface area (Å²) in [4.78, 5) is 11.3. The highest BCUT2D eigenvalue weighted by Crippen LogP contribution is 2.30. The zero-order valence-electron chi connectivity index (χ0n) is 13.7. The van der Waals surface area contributed by atoms with Crippen molar-refractivity contribution in [3.05, 3.63) is 79.1 Å². The molecule has 140 valence electrons. The predicted octanol–water partition coefficient (Wildman–Crippen LogP) is 3.99. The average Bonchev–Trinajstić information content (AvgIpc) is 3.30. The Hall–Kier alpha value is -2.82. The summed E-state index contributed by atoms with van der Waals surface area (Å²) in [6.07, 6.45) is 0. The van der Waals surface area contributed by atoms with E-state index in [9.17, 15) is 10.1 Å². The van der Waals surface area contributed by atoms with Gasteiger partial charge in [0, 0.05) is 0 Å². The molecule has 0 fully saturated rings. The summed E-state index contributed by atoms with van der Waals surface area (Å²) >= 11 is 15.1. The van der Waals surface area contributed by atoms with E-state index < -0.39 is 10.6 Å². The molecular weight excluding hydrogens is 473 g/mol. The molecule has 0 N–H and O–H groups in total. The minimum Gasteiger partial charge on any atom is -0.258 e. The van der Waals surface area contributed by atoms with Crippen molar-refractivity contribution in [3.8, 4) is 0 Å². The van der Waals surface area contributed by atoms with Crippen LogP contribution < -0.4 is 0 Å². The first-order valence-electron chi connectivity index (χ1n) is 7.70. The number of hydrogen-bond acceptors (Lipinski definition) is 6. The number of allylic oxidation sites excluding steroid dienone is 1. The van der Waals surface area contributed by atoms with Gasteiger partial charge >= 0.3 is 5.70 Å². The molecule has 2 aromatic carbocycles. The van der Waals surface area contributed by atoms with Gasteiger partial charge in [-0.3, -0.25) is 10.1 Å². The molecule has 0 aliphatic carbocycles. The number of rotatable bonds is 4. The fourth-order valence-corrected chi connectivity index (χ4v) is 3.12. The smallest absolute Gasteiger partial charge is 0.258 e. The SMILES string of the molecule is O=[N+]([O-])C(=C(n1nnc2ccccc21)n1nnc2ccccc21)/C(Cl)=C(\Cl)Br. The minimum atomic E-state index is -0.659. The molecule has 0 saturated carbocycles. The van der Waals surface area contributed by atoms with E-state index in [0.29, 0.717) is 22.1 Å². The van der Waals surface area contributed by atoms with Gasteiger partial charge in [0.25, 0.3) is 0 Å². The first-order valence-corrected chi connectivity index (χ1v) is 9.25. The second-order valence-electron chi connectivity index (χ2n) is 5.48. The van der Waals surface area contributed by atoms with E-state index in [2.05, 4.69) is 36.6 Å². The summed E-state index contributed by atoms with van der Waals surface area (Å²) in [5, 5.41) is 27.9. The van der Waals surface area contributed by atoms with E-state index >= 15 is 0 Å². The highest BCUT2D eigenvalue weighted by Gasteiger charge is 2.31. The first kappa shape index (κ1) is 18.5. The third-order valence-electron chi connectivity index (χ3n) is 3.87. The molecule has 0 radical (unpaired) electrons. The summed E-state index contributed by atoms with van der Waals surface area (Å²) in [6, 6.07) is 14.0. The quantitative estimate of drug-likeness (QED) is 0.248. The van der Waals surface area contributed by atoms with Crippen LogP contribution in [0, 0.1) is 15.9 Å². The Morgan fingerprint density at radius 3 is 1.82 bits per heavy atom. The van der Waals surface area contributed by atoms with Crippen molar-refractivity contribution in [1.82, 2.24) is 30.0 Å². The summed E-state index contributed by atoms with van der Waals surface area (Å²) in [5.41, 5.74) is 1.60.